The highest BCUT2D eigenvalue weighted by Gasteiger charge is 2.26. The highest BCUT2D eigenvalue weighted by Crippen LogP contribution is 2.38. The monoisotopic (exact) mass is 384 g/mol. The molecule has 0 fully saturated rings. The van der Waals surface area contributed by atoms with Crippen LogP contribution in [0.4, 0.5) is 0 Å². The fourth-order valence-corrected chi connectivity index (χ4v) is 3.92. The molecule has 3 aromatic carbocycles. The molecule has 1 heterocycles. The predicted molar refractivity (Wildman–Crippen MR) is 117 cm³/mol. The lowest BCUT2D eigenvalue weighted by molar-refractivity contribution is -0.674. The molecule has 0 spiro atoms. The maximum atomic E-state index is 11.6. The van der Waals surface area contributed by atoms with Crippen molar-refractivity contribution in [1.82, 2.24) is 4.98 Å². The predicted octanol–water partition coefficient (Wildman–Crippen LogP) is 3.40. The van der Waals surface area contributed by atoms with Crippen LogP contribution in [0.25, 0.3) is 22.2 Å². The Morgan fingerprint density at radius 2 is 1.55 bits per heavy atom. The number of carbonyl (C=O) groups excluding carboxylic acids is 1. The molecule has 29 heavy (non-hydrogen) atoms. The summed E-state index contributed by atoms with van der Waals surface area (Å²) in [7, 11) is 0. The number of carbonyl (C=O) groups is 1. The van der Waals surface area contributed by atoms with E-state index < -0.39 is 0 Å². The fraction of sp³-hybridized carbons (Fsp3) is 0.160. The van der Waals surface area contributed by atoms with Crippen LogP contribution < -0.4 is 11.1 Å². The van der Waals surface area contributed by atoms with E-state index in [1.54, 1.807) is 0 Å². The topological polar surface area (TPSA) is 75.5 Å². The van der Waals surface area contributed by atoms with Gasteiger partial charge in [-0.05, 0) is 29.7 Å². The molecule has 1 aromatic heterocycles. The molecule has 4 nitrogen and oxygen atoms in total. The number of para-hydroxylation sites is 1. The first-order valence-electron chi connectivity index (χ1n) is 9.98. The first-order valence-corrected chi connectivity index (χ1v) is 9.98. The number of rotatable bonds is 7. The van der Waals surface area contributed by atoms with Gasteiger partial charge >= 0.3 is 0 Å². The Morgan fingerprint density at radius 3 is 2.24 bits per heavy atom. The summed E-state index contributed by atoms with van der Waals surface area (Å²) >= 11 is 0. The average Bonchev–Trinajstić information content (AvgIpc) is 3.14. The zero-order chi connectivity index (χ0) is 20.2. The molecule has 0 aliphatic carbocycles. The van der Waals surface area contributed by atoms with Gasteiger partial charge in [-0.25, -0.2) is 0 Å². The zero-order valence-electron chi connectivity index (χ0n) is 16.5. The summed E-state index contributed by atoms with van der Waals surface area (Å²) in [6.45, 7) is 2.59. The summed E-state index contributed by atoms with van der Waals surface area (Å²) in [5.41, 5.74) is 11.4. The lowest BCUT2D eigenvalue weighted by Crippen LogP contribution is -2.92. The molecule has 1 amide bonds. The highest BCUT2D eigenvalue weighted by atomic mass is 16.1. The molecule has 0 aliphatic heterocycles. The van der Waals surface area contributed by atoms with Gasteiger partial charge in [-0.15, -0.1) is 0 Å². The third-order valence-corrected chi connectivity index (χ3v) is 5.53. The van der Waals surface area contributed by atoms with Crippen LogP contribution in [0, 0.1) is 0 Å². The molecule has 0 bridgehead atoms. The van der Waals surface area contributed by atoms with Gasteiger partial charge in [-0.2, -0.15) is 0 Å². The molecule has 0 saturated carbocycles. The molecule has 0 unspecified atom stereocenters. The van der Waals surface area contributed by atoms with Crippen LogP contribution in [0.15, 0.2) is 84.9 Å². The molecule has 146 valence electrons. The van der Waals surface area contributed by atoms with Gasteiger partial charge in [0.05, 0.1) is 18.2 Å². The van der Waals surface area contributed by atoms with Gasteiger partial charge in [0.2, 0.25) is 0 Å². The summed E-state index contributed by atoms with van der Waals surface area (Å²) in [4.78, 5) is 15.3. The van der Waals surface area contributed by atoms with Crippen molar-refractivity contribution in [1.29, 1.82) is 0 Å². The summed E-state index contributed by atoms with van der Waals surface area (Å²) in [5.74, 6) is -0.177. The van der Waals surface area contributed by atoms with Crippen molar-refractivity contribution >= 4 is 16.8 Å². The van der Waals surface area contributed by atoms with Crippen molar-refractivity contribution in [2.75, 3.05) is 6.54 Å². The summed E-state index contributed by atoms with van der Waals surface area (Å²) in [6.07, 6.45) is 0. The van der Waals surface area contributed by atoms with E-state index in [1.807, 2.05) is 24.4 Å². The number of hydrogen-bond donors (Lipinski definition) is 3. The Labute approximate surface area is 170 Å². The van der Waals surface area contributed by atoms with E-state index in [4.69, 9.17) is 5.73 Å². The number of aromatic amines is 1. The number of aromatic nitrogens is 1. The highest BCUT2D eigenvalue weighted by molar-refractivity contribution is 5.92. The molecule has 4 rings (SSSR count). The van der Waals surface area contributed by atoms with Crippen molar-refractivity contribution in [3.05, 3.63) is 96.1 Å². The summed E-state index contributed by atoms with van der Waals surface area (Å²) in [6, 6.07) is 29.0. The van der Waals surface area contributed by atoms with Crippen LogP contribution in [0.2, 0.25) is 0 Å². The number of hydrogen-bond acceptors (Lipinski definition) is 1. The number of benzene rings is 3. The van der Waals surface area contributed by atoms with Gasteiger partial charge in [0.25, 0.3) is 5.91 Å². The van der Waals surface area contributed by atoms with Crippen molar-refractivity contribution in [3.8, 4) is 11.3 Å². The molecule has 2 atom stereocenters. The van der Waals surface area contributed by atoms with E-state index in [0.717, 1.165) is 23.3 Å². The summed E-state index contributed by atoms with van der Waals surface area (Å²) < 4.78 is 0. The number of primary amides is 1. The summed E-state index contributed by atoms with van der Waals surface area (Å²) in [5, 5.41) is 3.25. The van der Waals surface area contributed by atoms with Gasteiger partial charge in [0.1, 0.15) is 0 Å². The van der Waals surface area contributed by atoms with Gasteiger partial charge in [0.15, 0.2) is 6.04 Å². The van der Waals surface area contributed by atoms with Crippen LogP contribution in [-0.4, -0.2) is 23.5 Å². The van der Waals surface area contributed by atoms with E-state index >= 15 is 0 Å². The van der Waals surface area contributed by atoms with Crippen molar-refractivity contribution in [3.63, 3.8) is 0 Å². The maximum absolute atomic E-state index is 11.6. The lowest BCUT2D eigenvalue weighted by atomic mass is 9.87. The number of nitrogens with one attached hydrogen (secondary N) is 1. The molecule has 5 N–H and O–H groups in total. The average molecular weight is 385 g/mol. The van der Waals surface area contributed by atoms with Gasteiger partial charge in [-0.3, -0.25) is 4.79 Å². The van der Waals surface area contributed by atoms with Gasteiger partial charge in [-0.1, -0.05) is 78.9 Å². The zero-order valence-corrected chi connectivity index (χ0v) is 16.5. The Balaban J connectivity index is 1.88. The van der Waals surface area contributed by atoms with Crippen molar-refractivity contribution in [2.45, 2.75) is 18.9 Å². The molecular formula is C25H26N3O+. The van der Waals surface area contributed by atoms with E-state index in [2.05, 4.69) is 77.8 Å². The largest absolute Gasteiger partial charge is 0.365 e. The minimum atomic E-state index is -0.293. The minimum Gasteiger partial charge on any atom is -0.365 e. The van der Waals surface area contributed by atoms with E-state index in [1.165, 1.54) is 16.5 Å². The third kappa shape index (κ3) is 3.93. The Hall–Kier alpha value is -3.37. The van der Waals surface area contributed by atoms with E-state index in [9.17, 15) is 4.79 Å². The van der Waals surface area contributed by atoms with Gasteiger partial charge < -0.3 is 16.0 Å². The number of fused-ring (bicyclic) bond motifs is 1. The third-order valence-electron chi connectivity index (χ3n) is 5.53. The fourth-order valence-electron chi connectivity index (χ4n) is 3.92. The number of quaternary nitrogens is 1. The smallest absolute Gasteiger partial charge is 0.275 e. The molecule has 0 radical (unpaired) electrons. The maximum Gasteiger partial charge on any atom is 0.275 e. The molecular weight excluding hydrogens is 358 g/mol. The van der Waals surface area contributed by atoms with E-state index in [-0.39, 0.29) is 17.9 Å². The SMILES string of the molecule is C[C@H]([NH2+]C[C@@H](c1ccccc1)c1c(-c2ccccc2)[nH]c2ccccc12)C(N)=O. The van der Waals surface area contributed by atoms with Crippen LogP contribution >= 0.6 is 0 Å². The standard InChI is InChI=1S/C25H25N3O/c1-17(25(26)29)27-16-21(18-10-4-2-5-11-18)23-20-14-8-9-15-22(20)28-24(23)19-12-6-3-7-13-19/h2-15,17,21,27-28H,16H2,1H3,(H2,26,29)/p+1/t17-,21-/m0/s1. The van der Waals surface area contributed by atoms with Crippen LogP contribution in [0.5, 0.6) is 0 Å². The number of amides is 1. The van der Waals surface area contributed by atoms with Gasteiger partial charge in [0, 0.05) is 10.9 Å². The van der Waals surface area contributed by atoms with Crippen LogP contribution in [-0.2, 0) is 4.79 Å². The Bertz CT molecular complexity index is 1100. The van der Waals surface area contributed by atoms with Crippen molar-refractivity contribution < 1.29 is 10.1 Å². The minimum absolute atomic E-state index is 0.115. The van der Waals surface area contributed by atoms with Crippen molar-refractivity contribution in [2.24, 2.45) is 5.73 Å². The Morgan fingerprint density at radius 1 is 0.931 bits per heavy atom. The Kier molecular flexibility index (Phi) is 5.45. The molecule has 4 aromatic rings. The number of nitrogens with two attached hydrogens (primary N) is 2. The quantitative estimate of drug-likeness (QED) is 0.449. The lowest BCUT2D eigenvalue weighted by Gasteiger charge is -2.20. The molecule has 4 heteroatoms. The van der Waals surface area contributed by atoms with Crippen LogP contribution in [0.3, 0.4) is 0 Å². The second-order valence-corrected chi connectivity index (χ2v) is 7.45. The molecule has 0 saturated heterocycles. The first-order chi connectivity index (χ1) is 14.1. The normalized spacial score (nSPS) is 13.3. The second-order valence-electron chi connectivity index (χ2n) is 7.45. The number of H-pyrrole nitrogens is 1. The molecule has 0 aliphatic rings. The second kappa shape index (κ2) is 8.33. The van der Waals surface area contributed by atoms with Crippen LogP contribution in [0.1, 0.15) is 24.0 Å². The first kappa shape index (κ1) is 19.0. The van der Waals surface area contributed by atoms with E-state index in [0.29, 0.717) is 0 Å².